The van der Waals surface area contributed by atoms with Gasteiger partial charge in [0, 0.05) is 6.04 Å². The van der Waals surface area contributed by atoms with Crippen LogP contribution in [-0.4, -0.2) is 24.8 Å². The fraction of sp³-hybridized carbons (Fsp3) is 1.00. The number of hydrogen-bond donors (Lipinski definition) is 1. The van der Waals surface area contributed by atoms with Gasteiger partial charge in [0.25, 0.3) is 0 Å². The molecule has 0 aromatic rings. The molecule has 1 aliphatic rings. The maximum Gasteiger partial charge on any atom is 0.0740 e. The zero-order valence-corrected chi connectivity index (χ0v) is 10.5. The average molecular weight is 199 g/mol. The highest BCUT2D eigenvalue weighted by Gasteiger charge is 2.42. The van der Waals surface area contributed by atoms with Crippen molar-refractivity contribution >= 4 is 0 Å². The summed E-state index contributed by atoms with van der Waals surface area (Å²) in [5.74, 6) is 0. The summed E-state index contributed by atoms with van der Waals surface area (Å²) in [6, 6.07) is 0.488. The Morgan fingerprint density at radius 2 is 1.86 bits per heavy atom. The molecule has 84 valence electrons. The normalized spacial score (nSPS) is 32.1. The van der Waals surface area contributed by atoms with E-state index in [9.17, 15) is 0 Å². The van der Waals surface area contributed by atoms with Crippen molar-refractivity contribution in [3.63, 3.8) is 0 Å². The smallest absolute Gasteiger partial charge is 0.0740 e. The van der Waals surface area contributed by atoms with E-state index in [2.05, 4.69) is 39.9 Å². The van der Waals surface area contributed by atoms with E-state index in [0.29, 0.717) is 17.6 Å². The van der Waals surface area contributed by atoms with Gasteiger partial charge < -0.3 is 10.1 Å². The van der Waals surface area contributed by atoms with Crippen LogP contribution < -0.4 is 5.32 Å². The van der Waals surface area contributed by atoms with Gasteiger partial charge in [-0.15, -0.1) is 0 Å². The highest BCUT2D eigenvalue weighted by molar-refractivity contribution is 4.97. The summed E-state index contributed by atoms with van der Waals surface area (Å²) in [7, 11) is 2.04. The molecular formula is C12H25NO. The lowest BCUT2D eigenvalue weighted by atomic mass is 9.87. The lowest BCUT2D eigenvalue weighted by molar-refractivity contribution is -0.0716. The number of ether oxygens (including phenoxy) is 1. The van der Waals surface area contributed by atoms with Crippen LogP contribution in [0.3, 0.4) is 0 Å². The van der Waals surface area contributed by atoms with Gasteiger partial charge in [-0.1, -0.05) is 13.8 Å². The standard InChI is InChI=1S/C12H25NO/c1-11(2,3)14-9-7-8-12(4,5)10(9)13-6/h9-10,13H,7-8H2,1-6H3. The van der Waals surface area contributed by atoms with E-state index in [1.165, 1.54) is 12.8 Å². The molecule has 0 radical (unpaired) electrons. The van der Waals surface area contributed by atoms with Crippen molar-refractivity contribution in [3.05, 3.63) is 0 Å². The first-order chi connectivity index (χ1) is 6.26. The van der Waals surface area contributed by atoms with Crippen molar-refractivity contribution in [2.45, 2.75) is 65.2 Å². The van der Waals surface area contributed by atoms with Crippen molar-refractivity contribution in [2.75, 3.05) is 7.05 Å². The first-order valence-corrected chi connectivity index (χ1v) is 5.61. The summed E-state index contributed by atoms with van der Waals surface area (Å²) in [5, 5.41) is 3.40. The van der Waals surface area contributed by atoms with Crippen LogP contribution in [0.15, 0.2) is 0 Å². The Labute approximate surface area is 88.4 Å². The van der Waals surface area contributed by atoms with Crippen LogP contribution >= 0.6 is 0 Å². The quantitative estimate of drug-likeness (QED) is 0.738. The second-order valence-corrected chi connectivity index (χ2v) is 6.06. The lowest BCUT2D eigenvalue weighted by Gasteiger charge is -2.33. The minimum atomic E-state index is -0.0276. The van der Waals surface area contributed by atoms with Gasteiger partial charge in [-0.25, -0.2) is 0 Å². The molecule has 1 rings (SSSR count). The minimum absolute atomic E-state index is 0.0276. The van der Waals surface area contributed by atoms with E-state index >= 15 is 0 Å². The number of hydrogen-bond acceptors (Lipinski definition) is 2. The summed E-state index contributed by atoms with van der Waals surface area (Å²) in [6.07, 6.45) is 2.80. The molecule has 2 atom stereocenters. The molecule has 1 aliphatic carbocycles. The predicted octanol–water partition coefficient (Wildman–Crippen LogP) is 2.58. The van der Waals surface area contributed by atoms with Crippen LogP contribution in [0.5, 0.6) is 0 Å². The van der Waals surface area contributed by atoms with E-state index in [0.717, 1.165) is 0 Å². The molecule has 0 saturated heterocycles. The van der Waals surface area contributed by atoms with Gasteiger partial charge in [0.05, 0.1) is 11.7 Å². The molecule has 0 bridgehead atoms. The molecular weight excluding hydrogens is 174 g/mol. The summed E-state index contributed by atoms with van der Waals surface area (Å²) in [4.78, 5) is 0. The van der Waals surface area contributed by atoms with Crippen molar-refractivity contribution in [1.29, 1.82) is 0 Å². The summed E-state index contributed by atoms with van der Waals surface area (Å²) >= 11 is 0. The van der Waals surface area contributed by atoms with Crippen LogP contribution in [0.25, 0.3) is 0 Å². The topological polar surface area (TPSA) is 21.3 Å². The van der Waals surface area contributed by atoms with Crippen LogP contribution in [0.1, 0.15) is 47.5 Å². The molecule has 1 saturated carbocycles. The fourth-order valence-electron chi connectivity index (χ4n) is 2.50. The van der Waals surface area contributed by atoms with Gasteiger partial charge in [0.15, 0.2) is 0 Å². The predicted molar refractivity (Wildman–Crippen MR) is 60.5 cm³/mol. The Hall–Kier alpha value is -0.0800. The summed E-state index contributed by atoms with van der Waals surface area (Å²) in [5.41, 5.74) is 0.338. The Kier molecular flexibility index (Phi) is 3.27. The molecule has 0 aliphatic heterocycles. The third-order valence-electron chi connectivity index (χ3n) is 3.10. The van der Waals surface area contributed by atoms with Gasteiger partial charge >= 0.3 is 0 Å². The van der Waals surface area contributed by atoms with Crippen LogP contribution in [0.2, 0.25) is 0 Å². The SMILES string of the molecule is CNC1C(OC(C)(C)C)CCC1(C)C. The van der Waals surface area contributed by atoms with Crippen molar-refractivity contribution in [1.82, 2.24) is 5.32 Å². The van der Waals surface area contributed by atoms with E-state index in [1.54, 1.807) is 0 Å². The summed E-state index contributed by atoms with van der Waals surface area (Å²) < 4.78 is 6.08. The van der Waals surface area contributed by atoms with E-state index in [4.69, 9.17) is 4.74 Å². The molecule has 2 nitrogen and oxygen atoms in total. The molecule has 0 amide bonds. The molecule has 0 heterocycles. The van der Waals surface area contributed by atoms with Gasteiger partial charge in [-0.3, -0.25) is 0 Å². The Bertz CT molecular complexity index is 193. The highest BCUT2D eigenvalue weighted by atomic mass is 16.5. The Balaban J connectivity index is 2.64. The van der Waals surface area contributed by atoms with Crippen molar-refractivity contribution in [2.24, 2.45) is 5.41 Å². The average Bonchev–Trinajstić information content (AvgIpc) is 2.23. The van der Waals surface area contributed by atoms with E-state index in [-0.39, 0.29) is 5.60 Å². The molecule has 0 aromatic carbocycles. The second kappa shape index (κ2) is 3.82. The second-order valence-electron chi connectivity index (χ2n) is 6.06. The maximum absolute atomic E-state index is 6.08. The van der Waals surface area contributed by atoms with E-state index in [1.807, 2.05) is 7.05 Å². The molecule has 0 spiro atoms. The zero-order valence-electron chi connectivity index (χ0n) is 10.5. The first-order valence-electron chi connectivity index (χ1n) is 5.61. The third-order valence-corrected chi connectivity index (χ3v) is 3.10. The first kappa shape index (κ1) is 12.0. The highest BCUT2D eigenvalue weighted by Crippen LogP contribution is 2.40. The van der Waals surface area contributed by atoms with Crippen LogP contribution in [0.4, 0.5) is 0 Å². The lowest BCUT2D eigenvalue weighted by Crippen LogP contribution is -2.45. The molecule has 1 N–H and O–H groups in total. The van der Waals surface area contributed by atoms with Crippen LogP contribution in [0, 0.1) is 5.41 Å². The third kappa shape index (κ3) is 2.71. The van der Waals surface area contributed by atoms with Crippen molar-refractivity contribution in [3.8, 4) is 0 Å². The molecule has 0 aromatic heterocycles. The molecule has 14 heavy (non-hydrogen) atoms. The van der Waals surface area contributed by atoms with Crippen LogP contribution in [-0.2, 0) is 4.74 Å². The largest absolute Gasteiger partial charge is 0.371 e. The van der Waals surface area contributed by atoms with Gasteiger partial charge in [-0.05, 0) is 46.1 Å². The fourth-order valence-corrected chi connectivity index (χ4v) is 2.50. The van der Waals surface area contributed by atoms with Gasteiger partial charge in [0.2, 0.25) is 0 Å². The maximum atomic E-state index is 6.08. The number of likely N-dealkylation sites (N-methyl/N-ethyl adjacent to an activating group) is 1. The Morgan fingerprint density at radius 3 is 2.29 bits per heavy atom. The number of nitrogens with one attached hydrogen (secondary N) is 1. The minimum Gasteiger partial charge on any atom is -0.371 e. The molecule has 2 heteroatoms. The van der Waals surface area contributed by atoms with Gasteiger partial charge in [-0.2, -0.15) is 0 Å². The molecule has 2 unspecified atom stereocenters. The zero-order chi connectivity index (χ0) is 11.0. The number of rotatable bonds is 2. The Morgan fingerprint density at radius 1 is 1.29 bits per heavy atom. The monoisotopic (exact) mass is 199 g/mol. The van der Waals surface area contributed by atoms with E-state index < -0.39 is 0 Å². The van der Waals surface area contributed by atoms with Gasteiger partial charge in [0.1, 0.15) is 0 Å². The molecule has 1 fully saturated rings. The summed E-state index contributed by atoms with van der Waals surface area (Å²) in [6.45, 7) is 11.0. The van der Waals surface area contributed by atoms with Crippen molar-refractivity contribution < 1.29 is 4.74 Å².